The van der Waals surface area contributed by atoms with Crippen LogP contribution < -0.4 is 10.0 Å². The third-order valence-electron chi connectivity index (χ3n) is 4.14. The lowest BCUT2D eigenvalue weighted by atomic mass is 10.1. The number of pyridine rings is 1. The number of nitrogens with zero attached hydrogens (tertiary/aromatic N) is 1. The highest BCUT2D eigenvalue weighted by Gasteiger charge is 2.11. The molecular formula is C21H23N3O2S. The van der Waals surface area contributed by atoms with Crippen LogP contribution in [-0.2, 0) is 23.0 Å². The average molecular weight is 382 g/mol. The van der Waals surface area contributed by atoms with Crippen LogP contribution in [0.3, 0.4) is 0 Å². The Labute approximate surface area is 160 Å². The zero-order valence-electron chi connectivity index (χ0n) is 15.2. The molecule has 1 heterocycles. The van der Waals surface area contributed by atoms with Crippen LogP contribution in [0.1, 0.15) is 16.7 Å². The third-order valence-corrected chi connectivity index (χ3v) is 5.40. The van der Waals surface area contributed by atoms with Crippen LogP contribution in [0.15, 0.2) is 72.9 Å². The maximum atomic E-state index is 12.2. The predicted molar refractivity (Wildman–Crippen MR) is 110 cm³/mol. The first-order valence-corrected chi connectivity index (χ1v) is 10.5. The maximum Gasteiger partial charge on any atom is 0.234 e. The number of hydrogen-bond donors (Lipinski definition) is 2. The summed E-state index contributed by atoms with van der Waals surface area (Å²) >= 11 is 0. The third kappa shape index (κ3) is 6.11. The van der Waals surface area contributed by atoms with E-state index in [9.17, 15) is 8.42 Å². The zero-order chi connectivity index (χ0) is 19.1. The Morgan fingerprint density at radius 2 is 1.63 bits per heavy atom. The Morgan fingerprint density at radius 3 is 2.30 bits per heavy atom. The first kappa shape index (κ1) is 18.9. The summed E-state index contributed by atoms with van der Waals surface area (Å²) < 4.78 is 27.0. The Balaban J connectivity index is 1.52. The van der Waals surface area contributed by atoms with Crippen LogP contribution in [0.5, 0.6) is 0 Å². The van der Waals surface area contributed by atoms with E-state index in [4.69, 9.17) is 0 Å². The lowest BCUT2D eigenvalue weighted by Crippen LogP contribution is -2.18. The molecule has 2 N–H and O–H groups in total. The van der Waals surface area contributed by atoms with Crippen molar-refractivity contribution in [2.75, 3.05) is 15.8 Å². The van der Waals surface area contributed by atoms with Crippen LogP contribution >= 0.6 is 0 Å². The molecule has 2 aromatic carbocycles. The second kappa shape index (κ2) is 8.68. The van der Waals surface area contributed by atoms with Gasteiger partial charge in [0.1, 0.15) is 5.82 Å². The summed E-state index contributed by atoms with van der Waals surface area (Å²) in [5, 5.41) is 3.28. The van der Waals surface area contributed by atoms with Gasteiger partial charge in [-0.05, 0) is 36.6 Å². The van der Waals surface area contributed by atoms with Gasteiger partial charge in [-0.2, -0.15) is 0 Å². The molecule has 0 aliphatic heterocycles. The summed E-state index contributed by atoms with van der Waals surface area (Å²) in [6, 6.07) is 21.3. The van der Waals surface area contributed by atoms with E-state index in [1.165, 1.54) is 11.1 Å². The number of anilines is 2. The Kier molecular flexibility index (Phi) is 6.08. The van der Waals surface area contributed by atoms with E-state index in [0.29, 0.717) is 18.8 Å². The van der Waals surface area contributed by atoms with Crippen LogP contribution in [0, 0.1) is 6.92 Å². The van der Waals surface area contributed by atoms with Crippen LogP contribution in [0.4, 0.5) is 11.5 Å². The minimum Gasteiger partial charge on any atom is -0.380 e. The van der Waals surface area contributed by atoms with E-state index in [0.717, 1.165) is 11.3 Å². The molecule has 6 heteroatoms. The first-order chi connectivity index (χ1) is 13.0. The largest absolute Gasteiger partial charge is 0.380 e. The molecule has 0 saturated heterocycles. The van der Waals surface area contributed by atoms with Gasteiger partial charge in [0.15, 0.2) is 0 Å². The van der Waals surface area contributed by atoms with Gasteiger partial charge in [0.25, 0.3) is 0 Å². The summed E-state index contributed by atoms with van der Waals surface area (Å²) in [7, 11) is -3.44. The normalized spacial score (nSPS) is 11.1. The highest BCUT2D eigenvalue weighted by molar-refractivity contribution is 7.92. The Bertz CT molecular complexity index is 955. The SMILES string of the molecule is Cc1ccc(CNc2ccc(NS(=O)(=O)CCc3ccccc3)nc2)cc1. The van der Waals surface area contributed by atoms with Crippen LogP contribution in [-0.4, -0.2) is 19.2 Å². The van der Waals surface area contributed by atoms with Crippen molar-refractivity contribution >= 4 is 21.5 Å². The fraction of sp³-hybridized carbons (Fsp3) is 0.190. The zero-order valence-corrected chi connectivity index (χ0v) is 16.0. The topological polar surface area (TPSA) is 71.1 Å². The van der Waals surface area contributed by atoms with Crippen molar-refractivity contribution in [2.45, 2.75) is 19.9 Å². The molecule has 1 aromatic heterocycles. The van der Waals surface area contributed by atoms with Gasteiger partial charge < -0.3 is 5.32 Å². The molecular weight excluding hydrogens is 358 g/mol. The smallest absolute Gasteiger partial charge is 0.234 e. The molecule has 0 spiro atoms. The van der Waals surface area contributed by atoms with E-state index < -0.39 is 10.0 Å². The quantitative estimate of drug-likeness (QED) is 0.619. The average Bonchev–Trinajstić information content (AvgIpc) is 2.68. The van der Waals surface area contributed by atoms with Crippen LogP contribution in [0.25, 0.3) is 0 Å². The number of sulfonamides is 1. The van der Waals surface area contributed by atoms with Crippen molar-refractivity contribution in [2.24, 2.45) is 0 Å². The summed E-state index contributed by atoms with van der Waals surface area (Å²) in [5.74, 6) is 0.343. The van der Waals surface area contributed by atoms with Gasteiger partial charge in [-0.25, -0.2) is 13.4 Å². The summed E-state index contributed by atoms with van der Waals surface area (Å²) in [6.45, 7) is 2.74. The Morgan fingerprint density at radius 1 is 0.889 bits per heavy atom. The number of benzene rings is 2. The van der Waals surface area contributed by atoms with Gasteiger partial charge in [-0.15, -0.1) is 0 Å². The van der Waals surface area contributed by atoms with E-state index >= 15 is 0 Å². The molecule has 3 aromatic rings. The second-order valence-electron chi connectivity index (χ2n) is 6.43. The molecule has 0 amide bonds. The van der Waals surface area contributed by atoms with Crippen molar-refractivity contribution < 1.29 is 8.42 Å². The minimum absolute atomic E-state index is 0.0200. The Hall–Kier alpha value is -2.86. The van der Waals surface area contributed by atoms with E-state index in [1.807, 2.05) is 36.4 Å². The molecule has 140 valence electrons. The van der Waals surface area contributed by atoms with E-state index in [-0.39, 0.29) is 5.75 Å². The van der Waals surface area contributed by atoms with Gasteiger partial charge in [-0.3, -0.25) is 4.72 Å². The molecule has 0 unspecified atom stereocenters. The molecule has 0 aliphatic carbocycles. The molecule has 27 heavy (non-hydrogen) atoms. The fourth-order valence-corrected chi connectivity index (χ4v) is 3.62. The van der Waals surface area contributed by atoms with Crippen LogP contribution in [0.2, 0.25) is 0 Å². The molecule has 0 fully saturated rings. The predicted octanol–water partition coefficient (Wildman–Crippen LogP) is 3.99. The number of aryl methyl sites for hydroxylation is 2. The molecule has 0 bridgehead atoms. The fourth-order valence-electron chi connectivity index (χ4n) is 2.58. The molecule has 0 atom stereocenters. The minimum atomic E-state index is -3.44. The second-order valence-corrected chi connectivity index (χ2v) is 8.27. The summed E-state index contributed by atoms with van der Waals surface area (Å²) in [4.78, 5) is 4.19. The van der Waals surface area contributed by atoms with Gasteiger partial charge >= 0.3 is 0 Å². The van der Waals surface area contributed by atoms with E-state index in [2.05, 4.69) is 46.2 Å². The van der Waals surface area contributed by atoms with E-state index in [1.54, 1.807) is 12.3 Å². The highest BCUT2D eigenvalue weighted by Crippen LogP contribution is 2.13. The van der Waals surface area contributed by atoms with Gasteiger partial charge in [0.05, 0.1) is 17.6 Å². The van der Waals surface area contributed by atoms with Crippen molar-refractivity contribution in [1.29, 1.82) is 0 Å². The maximum absolute atomic E-state index is 12.2. The van der Waals surface area contributed by atoms with Crippen molar-refractivity contribution in [3.8, 4) is 0 Å². The molecule has 3 rings (SSSR count). The number of nitrogens with one attached hydrogen (secondary N) is 2. The monoisotopic (exact) mass is 381 g/mol. The first-order valence-electron chi connectivity index (χ1n) is 8.80. The lowest BCUT2D eigenvalue weighted by Gasteiger charge is -2.09. The van der Waals surface area contributed by atoms with Crippen molar-refractivity contribution in [3.05, 3.63) is 89.6 Å². The standard InChI is InChI=1S/C21H23N3O2S/c1-17-7-9-19(10-8-17)15-22-20-11-12-21(23-16-20)24-27(25,26)14-13-18-5-3-2-4-6-18/h2-12,16,22H,13-15H2,1H3,(H,23,24). The summed E-state index contributed by atoms with van der Waals surface area (Å²) in [6.07, 6.45) is 2.09. The summed E-state index contributed by atoms with van der Waals surface area (Å²) in [5.41, 5.74) is 4.23. The highest BCUT2D eigenvalue weighted by atomic mass is 32.2. The number of rotatable bonds is 8. The molecule has 0 saturated carbocycles. The van der Waals surface area contributed by atoms with Crippen molar-refractivity contribution in [3.63, 3.8) is 0 Å². The van der Waals surface area contributed by atoms with Crippen molar-refractivity contribution in [1.82, 2.24) is 4.98 Å². The number of aromatic nitrogens is 1. The van der Waals surface area contributed by atoms with Gasteiger partial charge in [-0.1, -0.05) is 60.2 Å². The molecule has 0 radical (unpaired) electrons. The molecule has 0 aliphatic rings. The lowest BCUT2D eigenvalue weighted by molar-refractivity contribution is 0.600. The number of hydrogen-bond acceptors (Lipinski definition) is 4. The van der Waals surface area contributed by atoms with Gasteiger partial charge in [0, 0.05) is 6.54 Å². The van der Waals surface area contributed by atoms with Gasteiger partial charge in [0.2, 0.25) is 10.0 Å². The molecule has 5 nitrogen and oxygen atoms in total.